The average molecular weight is 208 g/mol. The number of aromatic nitrogens is 3. The number of aromatic amines is 1. The van der Waals surface area contributed by atoms with Gasteiger partial charge in [-0.3, -0.25) is 4.79 Å². The number of carbonyl (C=O) groups excluding carboxylic acids is 1. The van der Waals surface area contributed by atoms with Gasteiger partial charge in [0.05, 0.1) is 16.4 Å². The van der Waals surface area contributed by atoms with Crippen LogP contribution >= 0.6 is 11.6 Å². The number of rotatable bonds is 2. The zero-order chi connectivity index (χ0) is 9.97. The zero-order valence-electron chi connectivity index (χ0n) is 7.07. The number of nitrogens with zero attached hydrogens (tertiary/aromatic N) is 2. The lowest BCUT2D eigenvalue weighted by atomic mass is 10.4. The van der Waals surface area contributed by atoms with Crippen LogP contribution in [-0.2, 0) is 0 Å². The molecular formula is C9H6ClN3O. The normalized spacial score (nSPS) is 10.1. The Morgan fingerprint density at radius 1 is 1.29 bits per heavy atom. The van der Waals surface area contributed by atoms with E-state index in [2.05, 4.69) is 15.0 Å². The van der Waals surface area contributed by atoms with Crippen molar-refractivity contribution in [3.8, 4) is 11.5 Å². The molecule has 0 bridgehead atoms. The number of aldehydes is 1. The minimum absolute atomic E-state index is 0.482. The fraction of sp³-hybridized carbons (Fsp3) is 0. The Hall–Kier alpha value is -1.68. The Bertz CT molecular complexity index is 449. The Morgan fingerprint density at radius 2 is 2.00 bits per heavy atom. The van der Waals surface area contributed by atoms with E-state index in [1.807, 2.05) is 0 Å². The van der Waals surface area contributed by atoms with E-state index >= 15 is 0 Å². The lowest BCUT2D eigenvalue weighted by Crippen LogP contribution is -1.88. The maximum atomic E-state index is 10.4. The van der Waals surface area contributed by atoms with E-state index in [1.54, 1.807) is 12.1 Å². The van der Waals surface area contributed by atoms with E-state index in [4.69, 9.17) is 11.6 Å². The summed E-state index contributed by atoms with van der Waals surface area (Å²) >= 11 is 5.64. The second kappa shape index (κ2) is 3.59. The molecule has 0 aromatic carbocycles. The molecule has 0 saturated heterocycles. The molecule has 0 aliphatic carbocycles. The fourth-order valence-electron chi connectivity index (χ4n) is 1.06. The van der Waals surface area contributed by atoms with Gasteiger partial charge in [-0.1, -0.05) is 11.6 Å². The monoisotopic (exact) mass is 207 g/mol. The lowest BCUT2D eigenvalue weighted by molar-refractivity contribution is 0.111. The van der Waals surface area contributed by atoms with Crippen LogP contribution in [0.3, 0.4) is 0 Å². The molecule has 0 aliphatic heterocycles. The van der Waals surface area contributed by atoms with Crippen LogP contribution < -0.4 is 0 Å². The number of hydrogen-bond acceptors (Lipinski definition) is 3. The molecule has 2 aromatic heterocycles. The molecule has 14 heavy (non-hydrogen) atoms. The minimum atomic E-state index is 0.482. The molecule has 5 heteroatoms. The van der Waals surface area contributed by atoms with E-state index in [-0.39, 0.29) is 0 Å². The topological polar surface area (TPSA) is 58.6 Å². The van der Waals surface area contributed by atoms with Gasteiger partial charge in [0.15, 0.2) is 12.1 Å². The molecule has 0 aliphatic rings. The van der Waals surface area contributed by atoms with Gasteiger partial charge in [0.1, 0.15) is 0 Å². The highest BCUT2D eigenvalue weighted by Crippen LogP contribution is 2.14. The number of halogens is 1. The highest BCUT2D eigenvalue weighted by molar-refractivity contribution is 6.30. The van der Waals surface area contributed by atoms with Crippen molar-refractivity contribution < 1.29 is 4.79 Å². The summed E-state index contributed by atoms with van der Waals surface area (Å²) in [5, 5.41) is 0.482. The van der Waals surface area contributed by atoms with E-state index in [0.29, 0.717) is 22.2 Å². The summed E-state index contributed by atoms with van der Waals surface area (Å²) in [7, 11) is 0. The van der Waals surface area contributed by atoms with Gasteiger partial charge >= 0.3 is 0 Å². The van der Waals surface area contributed by atoms with Crippen LogP contribution in [-0.4, -0.2) is 21.2 Å². The largest absolute Gasteiger partial charge is 0.350 e. The lowest BCUT2D eigenvalue weighted by Gasteiger charge is -1.94. The molecule has 0 saturated carbocycles. The second-order valence-electron chi connectivity index (χ2n) is 2.67. The molecule has 0 radical (unpaired) electrons. The number of H-pyrrole nitrogens is 1. The first-order valence-electron chi connectivity index (χ1n) is 3.92. The number of nitrogens with one attached hydrogen (secondary N) is 1. The smallest absolute Gasteiger partial charge is 0.175 e. The molecule has 2 heterocycles. The van der Waals surface area contributed by atoms with Gasteiger partial charge < -0.3 is 4.98 Å². The Labute approximate surface area is 85.0 Å². The first-order valence-corrected chi connectivity index (χ1v) is 4.29. The third-order valence-electron chi connectivity index (χ3n) is 1.70. The fourth-order valence-corrected chi connectivity index (χ4v) is 1.16. The maximum Gasteiger partial charge on any atom is 0.175 e. The summed E-state index contributed by atoms with van der Waals surface area (Å²) in [6.07, 6.45) is 3.75. The van der Waals surface area contributed by atoms with E-state index in [0.717, 1.165) is 6.29 Å². The molecular weight excluding hydrogens is 202 g/mol. The predicted molar refractivity (Wildman–Crippen MR) is 52.2 cm³/mol. The summed E-state index contributed by atoms with van der Waals surface area (Å²) in [4.78, 5) is 21.3. The van der Waals surface area contributed by atoms with Crippen LogP contribution in [0.2, 0.25) is 5.02 Å². The maximum absolute atomic E-state index is 10.4. The van der Waals surface area contributed by atoms with Crippen molar-refractivity contribution in [3.05, 3.63) is 35.2 Å². The van der Waals surface area contributed by atoms with Crippen molar-refractivity contribution in [2.45, 2.75) is 0 Å². The van der Waals surface area contributed by atoms with Crippen molar-refractivity contribution in [2.24, 2.45) is 0 Å². The first-order chi connectivity index (χ1) is 6.79. The van der Waals surface area contributed by atoms with Gasteiger partial charge in [-0.05, 0) is 12.1 Å². The van der Waals surface area contributed by atoms with E-state index < -0.39 is 0 Å². The number of carbonyl (C=O) groups is 1. The zero-order valence-corrected chi connectivity index (χ0v) is 7.82. The van der Waals surface area contributed by atoms with Gasteiger partial charge in [0.2, 0.25) is 0 Å². The van der Waals surface area contributed by atoms with Crippen molar-refractivity contribution in [1.82, 2.24) is 15.0 Å². The molecule has 0 atom stereocenters. The second-order valence-corrected chi connectivity index (χ2v) is 3.11. The third-order valence-corrected chi connectivity index (χ3v) is 1.89. The van der Waals surface area contributed by atoms with Crippen LogP contribution in [0, 0.1) is 0 Å². The van der Waals surface area contributed by atoms with Crippen molar-refractivity contribution in [1.29, 1.82) is 0 Å². The van der Waals surface area contributed by atoms with Gasteiger partial charge in [-0.2, -0.15) is 0 Å². The molecule has 0 amide bonds. The Morgan fingerprint density at radius 3 is 2.57 bits per heavy atom. The van der Waals surface area contributed by atoms with Gasteiger partial charge in [0.25, 0.3) is 0 Å². The van der Waals surface area contributed by atoms with Crippen LogP contribution in [0.5, 0.6) is 0 Å². The molecule has 2 aromatic rings. The van der Waals surface area contributed by atoms with Crippen LogP contribution in [0.4, 0.5) is 0 Å². The quantitative estimate of drug-likeness (QED) is 0.766. The Kier molecular flexibility index (Phi) is 2.28. The summed E-state index contributed by atoms with van der Waals surface area (Å²) in [6.45, 7) is 0. The molecule has 70 valence electrons. The van der Waals surface area contributed by atoms with Gasteiger partial charge in [0, 0.05) is 12.4 Å². The van der Waals surface area contributed by atoms with E-state index in [1.165, 1.54) is 12.4 Å². The van der Waals surface area contributed by atoms with Gasteiger partial charge in [-0.25, -0.2) is 9.97 Å². The van der Waals surface area contributed by atoms with Crippen molar-refractivity contribution >= 4 is 17.9 Å². The molecule has 0 fully saturated rings. The summed E-state index contributed by atoms with van der Waals surface area (Å²) in [6, 6.07) is 3.41. The van der Waals surface area contributed by atoms with Crippen LogP contribution in [0.25, 0.3) is 11.5 Å². The molecule has 0 spiro atoms. The third kappa shape index (κ3) is 1.65. The SMILES string of the molecule is O=Cc1ccc(-c2ncc(Cl)cn2)[nH]1. The summed E-state index contributed by atoms with van der Waals surface area (Å²) in [5.41, 5.74) is 1.20. The molecule has 0 unspecified atom stereocenters. The van der Waals surface area contributed by atoms with Gasteiger partial charge in [-0.15, -0.1) is 0 Å². The summed E-state index contributed by atoms with van der Waals surface area (Å²) in [5.74, 6) is 0.516. The average Bonchev–Trinajstić information content (AvgIpc) is 2.67. The minimum Gasteiger partial charge on any atom is -0.350 e. The summed E-state index contributed by atoms with van der Waals surface area (Å²) < 4.78 is 0. The molecule has 4 nitrogen and oxygen atoms in total. The molecule has 2 rings (SSSR count). The van der Waals surface area contributed by atoms with E-state index in [9.17, 15) is 4.79 Å². The first kappa shape index (κ1) is 8.90. The van der Waals surface area contributed by atoms with Crippen LogP contribution in [0.15, 0.2) is 24.5 Å². The Balaban J connectivity index is 2.39. The molecule has 1 N–H and O–H groups in total. The standard InChI is InChI=1S/C9H6ClN3O/c10-6-3-11-9(12-4-6)8-2-1-7(5-14)13-8/h1-5,13H. The highest BCUT2D eigenvalue weighted by atomic mass is 35.5. The predicted octanol–water partition coefficient (Wildman–Crippen LogP) is 1.94. The van der Waals surface area contributed by atoms with Crippen molar-refractivity contribution in [3.63, 3.8) is 0 Å². The highest BCUT2D eigenvalue weighted by Gasteiger charge is 2.03. The van der Waals surface area contributed by atoms with Crippen LogP contribution in [0.1, 0.15) is 10.5 Å². The number of hydrogen-bond donors (Lipinski definition) is 1. The van der Waals surface area contributed by atoms with Crippen molar-refractivity contribution in [2.75, 3.05) is 0 Å².